The summed E-state index contributed by atoms with van der Waals surface area (Å²) in [6.45, 7) is 17.8. The standard InChI is InChI=1S/C86H132N9O35P/c1-18-19-31-121-131(95(49(2)3)50(4)5)130-66-26-24-65(25-27-66)82(110)90-43-64-22-20-63(21-23-64)42-68(83(111)89-30-34-114-37-40-117-86-76(93-54(9)99)81(126-62(17)107)79(124-60(15)105)71(129-86)48-120-57(12)102)94(44-72(108)87-28-32-112-35-38-115-84-74(91-52(7)97)77(122-58(13)103)67(41-51(6)96)69(127-84)46-118-55(10)100)45-73(109)88-29-33-113-36-39-116-85-75(92-53(8)98)80(125-61(16)106)78(123-59(14)104)70(128-85)47-119-56(11)101/h1,20-23,49-50,65-71,74-81,84-86H,19,24-48H2,2-17H3,(H,87,108)(H,88,109)(H,89,111)(H,90,110)(H,91,97)(H,92,98)(H,93,99). The van der Waals surface area contributed by atoms with Crippen LogP contribution in [-0.2, 0) is 179 Å². The lowest BCUT2D eigenvalue weighted by molar-refractivity contribution is -0.279. The molecule has 4 fully saturated rings. The Labute approximate surface area is 763 Å². The number of rotatable bonds is 56. The molecule has 0 aromatic heterocycles. The number of carbonyl (C=O) groups is 16. The van der Waals surface area contributed by atoms with Crippen LogP contribution in [0.4, 0.5) is 0 Å². The lowest BCUT2D eigenvalue weighted by atomic mass is 9.84. The predicted molar refractivity (Wildman–Crippen MR) is 457 cm³/mol. The molecule has 0 spiro atoms. The molecule has 17 unspecified atom stereocenters. The van der Waals surface area contributed by atoms with Gasteiger partial charge in [0.1, 0.15) is 68.1 Å². The average Bonchev–Trinajstić information content (AvgIpc) is 0.792. The van der Waals surface area contributed by atoms with Crippen LogP contribution in [0.2, 0.25) is 0 Å². The number of nitrogens with one attached hydrogen (secondary N) is 7. The van der Waals surface area contributed by atoms with Crippen LogP contribution in [0.5, 0.6) is 0 Å². The third-order valence-corrected chi connectivity index (χ3v) is 22.4. The molecular formula is C86H132N9O35P. The Morgan fingerprint density at radius 1 is 0.450 bits per heavy atom. The maximum atomic E-state index is 15.0. The minimum atomic E-state index is -1.43. The molecule has 736 valence electrons. The van der Waals surface area contributed by atoms with Gasteiger partial charge >= 0.3 is 47.8 Å². The van der Waals surface area contributed by atoms with E-state index in [0.29, 0.717) is 49.8 Å². The maximum absolute atomic E-state index is 15.0. The molecule has 7 amide bonds. The van der Waals surface area contributed by atoms with Crippen molar-refractivity contribution in [3.8, 4) is 12.3 Å². The van der Waals surface area contributed by atoms with Gasteiger partial charge in [0.2, 0.25) is 41.4 Å². The van der Waals surface area contributed by atoms with E-state index in [0.717, 1.165) is 48.5 Å². The molecule has 3 saturated heterocycles. The Bertz CT molecular complexity index is 3800. The normalized spacial score (nSPS) is 24.0. The molecule has 4 aliphatic rings. The maximum Gasteiger partial charge on any atom is 0.303 e. The monoisotopic (exact) mass is 1880 g/mol. The highest BCUT2D eigenvalue weighted by Gasteiger charge is 2.54. The molecule has 7 N–H and O–H groups in total. The number of amides is 7. The van der Waals surface area contributed by atoms with Crippen molar-refractivity contribution < 1.29 is 166 Å². The predicted octanol–water partition coefficient (Wildman–Crippen LogP) is 0.557. The molecule has 0 radical (unpaired) electrons. The first-order valence-corrected chi connectivity index (χ1v) is 44.6. The van der Waals surface area contributed by atoms with E-state index >= 15 is 4.79 Å². The van der Waals surface area contributed by atoms with Crippen LogP contribution >= 0.6 is 8.53 Å². The van der Waals surface area contributed by atoms with Crippen molar-refractivity contribution >= 4 is 103 Å². The Kier molecular flexibility index (Phi) is 50.5. The van der Waals surface area contributed by atoms with Gasteiger partial charge in [-0.1, -0.05) is 24.3 Å². The summed E-state index contributed by atoms with van der Waals surface area (Å²) < 4.78 is 112. The number of ether oxygens (including phenoxy) is 17. The van der Waals surface area contributed by atoms with E-state index in [4.69, 9.17) is 96.0 Å². The van der Waals surface area contributed by atoms with Crippen LogP contribution in [-0.4, -0.2) is 333 Å². The first-order chi connectivity index (χ1) is 62.1. The second kappa shape index (κ2) is 59.1. The molecule has 3 aliphatic heterocycles. The molecule has 45 heteroatoms. The number of carbonyl (C=O) groups excluding carboxylic acids is 16. The first kappa shape index (κ1) is 112. The average molecular weight is 1880 g/mol. The van der Waals surface area contributed by atoms with Crippen LogP contribution in [0.1, 0.15) is 160 Å². The van der Waals surface area contributed by atoms with E-state index in [1.54, 1.807) is 24.3 Å². The first-order valence-electron chi connectivity index (χ1n) is 43.5. The number of nitrogens with zero attached hydrogens (tertiary/aromatic N) is 2. The van der Waals surface area contributed by atoms with Crippen LogP contribution in [0, 0.1) is 24.2 Å². The fourth-order valence-electron chi connectivity index (χ4n) is 14.9. The Hall–Kier alpha value is -9.59. The van der Waals surface area contributed by atoms with Crippen molar-refractivity contribution in [2.45, 2.75) is 272 Å². The third kappa shape index (κ3) is 41.6. The fraction of sp³-hybridized carbons (Fsp3) is 0.721. The lowest BCUT2D eigenvalue weighted by Gasteiger charge is -2.45. The van der Waals surface area contributed by atoms with Crippen LogP contribution in [0.15, 0.2) is 24.3 Å². The summed E-state index contributed by atoms with van der Waals surface area (Å²) in [6.07, 6.45) is -6.59. The van der Waals surface area contributed by atoms with Crippen LogP contribution < -0.4 is 37.2 Å². The largest absolute Gasteiger partial charge is 0.463 e. The van der Waals surface area contributed by atoms with E-state index in [-0.39, 0.29) is 141 Å². The van der Waals surface area contributed by atoms with Gasteiger partial charge in [-0.25, -0.2) is 4.67 Å². The van der Waals surface area contributed by atoms with Gasteiger partial charge < -0.3 is 132 Å². The number of terminal acetylenes is 1. The second-order valence-corrected chi connectivity index (χ2v) is 33.3. The van der Waals surface area contributed by atoms with Crippen molar-refractivity contribution in [3.63, 3.8) is 0 Å². The zero-order valence-corrected chi connectivity index (χ0v) is 78.3. The van der Waals surface area contributed by atoms with E-state index in [1.165, 1.54) is 39.5 Å². The molecule has 17 atom stereocenters. The number of Topliss-reactive ketones (excluding diaryl/α,β-unsaturated/α-hetero) is 1. The van der Waals surface area contributed by atoms with E-state index in [2.05, 4.69) is 75.5 Å². The molecule has 44 nitrogen and oxygen atoms in total. The van der Waals surface area contributed by atoms with Gasteiger partial charge in [0.05, 0.1) is 91.3 Å². The summed E-state index contributed by atoms with van der Waals surface area (Å²) in [4.78, 5) is 207. The van der Waals surface area contributed by atoms with Crippen molar-refractivity contribution in [3.05, 3.63) is 35.4 Å². The Balaban J connectivity index is 1.40. The van der Waals surface area contributed by atoms with Gasteiger partial charge in [0.25, 0.3) is 8.53 Å². The quantitative estimate of drug-likeness (QED) is 0.0154. The van der Waals surface area contributed by atoms with E-state index in [1.807, 2.05) is 0 Å². The molecule has 1 aliphatic carbocycles. The van der Waals surface area contributed by atoms with Crippen LogP contribution in [0.3, 0.4) is 0 Å². The third-order valence-electron chi connectivity index (χ3n) is 20.2. The van der Waals surface area contributed by atoms with Gasteiger partial charge in [-0.3, -0.25) is 76.8 Å². The van der Waals surface area contributed by atoms with E-state index < -0.39 is 216 Å². The zero-order chi connectivity index (χ0) is 97.0. The highest BCUT2D eigenvalue weighted by atomic mass is 31.2. The highest BCUT2D eigenvalue weighted by molar-refractivity contribution is 7.44. The summed E-state index contributed by atoms with van der Waals surface area (Å²) >= 11 is 0. The molecule has 5 rings (SSSR count). The molecule has 1 aromatic rings. The molecule has 3 heterocycles. The molecular weight excluding hydrogens is 1750 g/mol. The number of esters is 8. The lowest BCUT2D eigenvalue weighted by Crippen LogP contribution is -2.66. The summed E-state index contributed by atoms with van der Waals surface area (Å²) in [6, 6.07) is 2.21. The number of benzene rings is 1. The Morgan fingerprint density at radius 3 is 1.22 bits per heavy atom. The van der Waals surface area contributed by atoms with Gasteiger partial charge in [0.15, 0.2) is 43.3 Å². The van der Waals surface area contributed by atoms with Gasteiger partial charge in [-0.15, -0.1) is 12.3 Å². The molecule has 1 saturated carbocycles. The number of hydrogen-bond acceptors (Lipinski definition) is 37. The van der Waals surface area contributed by atoms with Crippen molar-refractivity contribution in [2.75, 3.05) is 119 Å². The molecule has 0 bridgehead atoms. The SMILES string of the molecule is C#CCCOP(OC1CCC(C(=O)NCc2ccc(CC(C(=O)NCCOCCOC3OC(COC(C)=O)C(OC(C)=O)C(OC(C)=O)C3NC(C)=O)N(CC(=O)NCCOCCOC3OC(COC(C)=O)C(CC(C)=O)C(OC(C)=O)C3NC(C)=O)CC(=O)NCCOCCOC3OC(COC(C)=O)C(OC(C)=O)C(OC(C)=O)C3NC(C)=O)cc2)CC1)N(C(C)C)C(C)C. The van der Waals surface area contributed by atoms with Gasteiger partial charge in [0, 0.05) is 139 Å². The van der Waals surface area contributed by atoms with Crippen LogP contribution in [0.25, 0.3) is 0 Å². The molecule has 131 heavy (non-hydrogen) atoms. The molecule has 1 aromatic carbocycles. The minimum absolute atomic E-state index is 0.134. The smallest absolute Gasteiger partial charge is 0.303 e. The number of hydrogen-bond donors (Lipinski definition) is 7. The van der Waals surface area contributed by atoms with Gasteiger partial charge in [-0.05, 0) is 77.8 Å². The second-order valence-electron chi connectivity index (χ2n) is 31.9. The van der Waals surface area contributed by atoms with Crippen molar-refractivity contribution in [2.24, 2.45) is 11.8 Å². The topological polar surface area (TPSA) is 539 Å². The highest BCUT2D eigenvalue weighted by Crippen LogP contribution is 2.49. The van der Waals surface area contributed by atoms with E-state index in [9.17, 15) is 71.9 Å². The number of ketones is 1. The van der Waals surface area contributed by atoms with Crippen molar-refractivity contribution in [1.82, 2.24) is 46.8 Å². The summed E-state index contributed by atoms with van der Waals surface area (Å²) in [5.74, 6) is -8.99. The minimum Gasteiger partial charge on any atom is -0.463 e. The summed E-state index contributed by atoms with van der Waals surface area (Å²) in [7, 11) is -1.43. The fourth-order valence-corrected chi connectivity index (χ4v) is 16.7. The van der Waals surface area contributed by atoms with Crippen molar-refractivity contribution in [1.29, 1.82) is 0 Å². The summed E-state index contributed by atoms with van der Waals surface area (Å²) in [5.41, 5.74) is 1.24. The summed E-state index contributed by atoms with van der Waals surface area (Å²) in [5, 5.41) is 19.3. The zero-order valence-electron chi connectivity index (χ0n) is 77.4. The Morgan fingerprint density at radius 2 is 0.832 bits per heavy atom. The van der Waals surface area contributed by atoms with Gasteiger partial charge in [-0.2, -0.15) is 0 Å².